The van der Waals surface area contributed by atoms with E-state index in [0.717, 1.165) is 16.3 Å². The van der Waals surface area contributed by atoms with Crippen molar-refractivity contribution >= 4 is 38.7 Å². The number of carbonyl (C=O) groups is 1. The number of hydrogen-bond donors (Lipinski definition) is 3. The molecule has 0 unspecified atom stereocenters. The van der Waals surface area contributed by atoms with E-state index in [2.05, 4.69) is 15.3 Å². The van der Waals surface area contributed by atoms with E-state index < -0.39 is 21.7 Å². The summed E-state index contributed by atoms with van der Waals surface area (Å²) in [5.74, 6) is -0.0195. The topological polar surface area (TPSA) is 133 Å². The van der Waals surface area contributed by atoms with E-state index in [0.29, 0.717) is 17.0 Å². The van der Waals surface area contributed by atoms with E-state index >= 15 is 0 Å². The van der Waals surface area contributed by atoms with Crippen LogP contribution in [0, 0.1) is 0 Å². The Morgan fingerprint density at radius 3 is 2.68 bits per heavy atom. The fraction of sp³-hybridized carbons (Fsp3) is 0.308. The molecule has 0 bridgehead atoms. The van der Waals surface area contributed by atoms with Crippen molar-refractivity contribution in [2.45, 2.75) is 31.0 Å². The molecule has 3 aromatic rings. The second kappa shape index (κ2) is 10.3. The predicted octanol–water partition coefficient (Wildman–Crippen LogP) is 1.97. The van der Waals surface area contributed by atoms with Gasteiger partial charge in [0.15, 0.2) is 5.75 Å². The molecular formula is C26H27FN4O6S. The first-order chi connectivity index (χ1) is 18.2. The van der Waals surface area contributed by atoms with Crippen LogP contribution in [0.1, 0.15) is 24.0 Å². The van der Waals surface area contributed by atoms with Gasteiger partial charge in [0.1, 0.15) is 11.4 Å². The lowest BCUT2D eigenvalue weighted by Crippen LogP contribution is -2.50. The van der Waals surface area contributed by atoms with Gasteiger partial charge < -0.3 is 20.1 Å². The highest BCUT2D eigenvalue weighted by Gasteiger charge is 2.47. The highest BCUT2D eigenvalue weighted by molar-refractivity contribution is 7.92. The third kappa shape index (κ3) is 4.95. The van der Waals surface area contributed by atoms with Crippen LogP contribution in [-0.4, -0.2) is 70.6 Å². The van der Waals surface area contributed by atoms with Gasteiger partial charge in [-0.2, -0.15) is 4.31 Å². The Labute approximate surface area is 218 Å². The first-order valence-electron chi connectivity index (χ1n) is 12.1. The summed E-state index contributed by atoms with van der Waals surface area (Å²) in [5.41, 5.74) is 0.921. The molecule has 0 radical (unpaired) electrons. The Hall–Kier alpha value is -3.58. The van der Waals surface area contributed by atoms with Gasteiger partial charge in [-0.15, -0.1) is 0 Å². The lowest BCUT2D eigenvalue weighted by molar-refractivity contribution is -0.124. The Morgan fingerprint density at radius 1 is 1.18 bits per heavy atom. The van der Waals surface area contributed by atoms with Crippen molar-refractivity contribution in [2.24, 2.45) is 4.99 Å². The van der Waals surface area contributed by atoms with Gasteiger partial charge in [-0.05, 0) is 48.7 Å². The number of piperidine rings is 1. The zero-order valence-electron chi connectivity index (χ0n) is 20.3. The zero-order chi connectivity index (χ0) is 26.9. The fourth-order valence-corrected chi connectivity index (χ4v) is 6.06. The Balaban J connectivity index is 1.30. The molecule has 1 spiro atoms. The highest BCUT2D eigenvalue weighted by atomic mass is 32.2. The lowest BCUT2D eigenvalue weighted by Gasteiger charge is -2.34. The second-order valence-corrected chi connectivity index (χ2v) is 11.2. The van der Waals surface area contributed by atoms with Gasteiger partial charge >= 0.3 is 0 Å². The van der Waals surface area contributed by atoms with Crippen LogP contribution in [0.3, 0.4) is 0 Å². The van der Waals surface area contributed by atoms with Crippen LogP contribution in [0.2, 0.25) is 0 Å². The number of carbonyl (C=O) groups excluding carboxylic acids is 1. The van der Waals surface area contributed by atoms with Crippen LogP contribution in [0.25, 0.3) is 17.0 Å². The van der Waals surface area contributed by atoms with Crippen molar-refractivity contribution in [1.29, 1.82) is 0 Å². The second-order valence-electron chi connectivity index (χ2n) is 9.38. The minimum Gasteiger partial charge on any atom is -0.394 e. The van der Waals surface area contributed by atoms with E-state index in [4.69, 9.17) is 5.11 Å². The maximum absolute atomic E-state index is 13.1. The van der Waals surface area contributed by atoms with Crippen LogP contribution in [0.5, 0.6) is 5.75 Å². The van der Waals surface area contributed by atoms with E-state index in [1.54, 1.807) is 35.0 Å². The maximum atomic E-state index is 13.1. The molecule has 1 amide bonds. The summed E-state index contributed by atoms with van der Waals surface area (Å²) in [7, 11) is -3.77. The zero-order valence-corrected chi connectivity index (χ0v) is 21.1. The number of amidine groups is 1. The summed E-state index contributed by atoms with van der Waals surface area (Å²) >= 11 is 0. The van der Waals surface area contributed by atoms with Crippen molar-refractivity contribution in [3.05, 3.63) is 71.3 Å². The molecule has 3 N–H and O–H groups in total. The molecule has 38 heavy (non-hydrogen) atoms. The summed E-state index contributed by atoms with van der Waals surface area (Å²) in [4.78, 5) is 21.2. The van der Waals surface area contributed by atoms with E-state index in [9.17, 15) is 22.8 Å². The van der Waals surface area contributed by atoms with Gasteiger partial charge in [0, 0.05) is 45.7 Å². The first kappa shape index (κ1) is 26.0. The molecule has 200 valence electrons. The summed E-state index contributed by atoms with van der Waals surface area (Å²) in [5, 5.41) is 23.6. The number of aliphatic hydroxyl groups excluding tert-OH is 2. The summed E-state index contributed by atoms with van der Waals surface area (Å²) in [6.07, 6.45) is 2.83. The standard InChI is InChI=1S/C26H27FN4O6S/c27-37-21-5-1-4-19(15-21)24-28-25(34)26(29-24)9-12-31(13-10-26)38(35,36)14-8-18-3-2-6-23-22(18)7-11-30(23)16-20(33)17-32/h1-8,11,14-15,20,32-33H,9-10,12-13,16-17H2,(H,28,29,34)/b14-8+/t20-/m0/s1. The van der Waals surface area contributed by atoms with Crippen molar-refractivity contribution in [2.75, 3.05) is 19.7 Å². The van der Waals surface area contributed by atoms with Crippen molar-refractivity contribution in [3.63, 3.8) is 0 Å². The predicted molar refractivity (Wildman–Crippen MR) is 139 cm³/mol. The minimum atomic E-state index is -3.77. The molecule has 1 fully saturated rings. The average molecular weight is 543 g/mol. The maximum Gasteiger partial charge on any atom is 0.253 e. The molecule has 1 atom stereocenters. The number of sulfonamides is 1. The molecule has 2 aliphatic rings. The molecule has 5 rings (SSSR count). The smallest absolute Gasteiger partial charge is 0.253 e. The van der Waals surface area contributed by atoms with Gasteiger partial charge in [-0.3, -0.25) is 14.7 Å². The Morgan fingerprint density at radius 2 is 1.95 bits per heavy atom. The van der Waals surface area contributed by atoms with Crippen molar-refractivity contribution in [1.82, 2.24) is 14.2 Å². The van der Waals surface area contributed by atoms with Crippen LogP contribution >= 0.6 is 0 Å². The van der Waals surface area contributed by atoms with Crippen molar-refractivity contribution < 1.29 is 32.9 Å². The number of aliphatic hydroxyl groups is 2. The van der Waals surface area contributed by atoms with Gasteiger partial charge in [0.2, 0.25) is 10.0 Å². The summed E-state index contributed by atoms with van der Waals surface area (Å²) in [6.45, 7) is 0.0896. The molecule has 3 heterocycles. The number of nitrogens with zero attached hydrogens (tertiary/aromatic N) is 3. The molecule has 0 saturated carbocycles. The molecule has 1 aromatic heterocycles. The largest absolute Gasteiger partial charge is 0.394 e. The summed E-state index contributed by atoms with van der Waals surface area (Å²) in [6, 6.07) is 13.4. The van der Waals surface area contributed by atoms with Crippen LogP contribution < -0.4 is 10.3 Å². The van der Waals surface area contributed by atoms with E-state index in [1.807, 2.05) is 12.1 Å². The number of rotatable bonds is 8. The number of aliphatic imine (C=N–C) groups is 1. The first-order valence-corrected chi connectivity index (χ1v) is 13.6. The summed E-state index contributed by atoms with van der Waals surface area (Å²) < 4.78 is 41.9. The van der Waals surface area contributed by atoms with Crippen LogP contribution in [0.4, 0.5) is 4.53 Å². The molecular weight excluding hydrogens is 515 g/mol. The van der Waals surface area contributed by atoms with E-state index in [-0.39, 0.29) is 50.7 Å². The van der Waals surface area contributed by atoms with Gasteiger partial charge in [-0.1, -0.05) is 24.3 Å². The molecule has 2 aromatic carbocycles. The molecule has 12 heteroatoms. The fourth-order valence-electron chi connectivity index (χ4n) is 4.88. The van der Waals surface area contributed by atoms with Crippen LogP contribution in [-0.2, 0) is 21.4 Å². The number of benzene rings is 2. The molecule has 0 aliphatic carbocycles. The number of fused-ring (bicyclic) bond motifs is 1. The number of halogens is 1. The Kier molecular flexibility index (Phi) is 7.05. The number of amides is 1. The average Bonchev–Trinajstić information content (AvgIpc) is 3.48. The normalized spacial score (nSPS) is 18.7. The van der Waals surface area contributed by atoms with Gasteiger partial charge in [0.05, 0.1) is 19.3 Å². The minimum absolute atomic E-state index is 0.0110. The van der Waals surface area contributed by atoms with Gasteiger partial charge in [-0.25, -0.2) is 8.42 Å². The monoisotopic (exact) mass is 542 g/mol. The molecule has 10 nitrogen and oxygen atoms in total. The highest BCUT2D eigenvalue weighted by Crippen LogP contribution is 2.33. The van der Waals surface area contributed by atoms with Crippen molar-refractivity contribution in [3.8, 4) is 5.75 Å². The number of nitrogens with one attached hydrogen (secondary N) is 1. The molecule has 1 saturated heterocycles. The third-order valence-electron chi connectivity index (χ3n) is 6.97. The SMILES string of the molecule is O=C1NC(c2cccc(OF)c2)=NC12CCN(S(=O)(=O)/C=C/c1cccc3c1ccn3C[C@H](O)CO)CC2. The van der Waals surface area contributed by atoms with E-state index in [1.165, 1.54) is 22.5 Å². The quantitative estimate of drug-likeness (QED) is 0.399. The third-order valence-corrected chi connectivity index (χ3v) is 8.54. The number of aromatic nitrogens is 1. The lowest BCUT2D eigenvalue weighted by atomic mass is 9.89. The van der Waals surface area contributed by atoms with Crippen LogP contribution in [0.15, 0.2) is 65.1 Å². The molecule has 2 aliphatic heterocycles. The Bertz CT molecular complexity index is 1530. The number of hydrogen-bond acceptors (Lipinski definition) is 7. The van der Waals surface area contributed by atoms with Gasteiger partial charge in [0.25, 0.3) is 5.91 Å².